The summed E-state index contributed by atoms with van der Waals surface area (Å²) < 4.78 is 1.82. The van der Waals surface area contributed by atoms with Crippen molar-refractivity contribution in [3.8, 4) is 11.3 Å². The van der Waals surface area contributed by atoms with Crippen molar-refractivity contribution >= 4 is 34.0 Å². The zero-order valence-corrected chi connectivity index (χ0v) is 15.8. The van der Waals surface area contributed by atoms with Crippen LogP contribution < -0.4 is 4.90 Å². The average molecular weight is 379 g/mol. The maximum atomic E-state index is 6.19. The Labute approximate surface area is 162 Å². The first-order valence-corrected chi connectivity index (χ1v) is 9.42. The lowest BCUT2D eigenvalue weighted by Gasteiger charge is -2.33. The smallest absolute Gasteiger partial charge is 0.186 e. The van der Waals surface area contributed by atoms with Gasteiger partial charge in [-0.05, 0) is 31.3 Å². The largest absolute Gasteiger partial charge is 0.353 e. The molecule has 1 aliphatic rings. The van der Waals surface area contributed by atoms with Gasteiger partial charge < -0.3 is 9.80 Å². The van der Waals surface area contributed by atoms with Crippen LogP contribution >= 0.6 is 11.6 Å². The highest BCUT2D eigenvalue weighted by atomic mass is 35.5. The average Bonchev–Trinajstić information content (AvgIpc) is 3.12. The number of para-hydroxylation sites is 1. The van der Waals surface area contributed by atoms with Crippen LogP contribution in [0.15, 0.2) is 48.5 Å². The molecule has 2 aromatic heterocycles. The Bertz CT molecular complexity index is 1130. The lowest BCUT2D eigenvalue weighted by atomic mass is 10.1. The first-order chi connectivity index (χ1) is 13.2. The Balaban J connectivity index is 1.75. The van der Waals surface area contributed by atoms with Crippen LogP contribution in [0.1, 0.15) is 0 Å². The van der Waals surface area contributed by atoms with Gasteiger partial charge in [-0.1, -0.05) is 41.1 Å². The van der Waals surface area contributed by atoms with Crippen molar-refractivity contribution in [1.29, 1.82) is 0 Å². The van der Waals surface area contributed by atoms with E-state index in [1.807, 2.05) is 40.9 Å². The van der Waals surface area contributed by atoms with E-state index in [0.29, 0.717) is 5.02 Å². The van der Waals surface area contributed by atoms with E-state index in [1.54, 1.807) is 0 Å². The zero-order chi connectivity index (χ0) is 18.4. The summed E-state index contributed by atoms with van der Waals surface area (Å²) in [4.78, 5) is 9.72. The number of hydrogen-bond donors (Lipinski definition) is 0. The molecule has 7 heteroatoms. The van der Waals surface area contributed by atoms with Gasteiger partial charge in [-0.2, -0.15) is 4.52 Å². The van der Waals surface area contributed by atoms with Crippen molar-refractivity contribution in [2.24, 2.45) is 0 Å². The van der Waals surface area contributed by atoms with Crippen LogP contribution in [0.25, 0.3) is 27.8 Å². The molecule has 4 aromatic rings. The summed E-state index contributed by atoms with van der Waals surface area (Å²) in [5.41, 5.74) is 3.44. The standard InChI is InChI=1S/C20H19ClN6/c1-25-9-11-26(12-10-25)19-16-7-2-3-8-17(16)27-20(22-19)18(23-24-27)14-5-4-6-15(21)13-14/h2-8,13H,9-12H2,1H3. The van der Waals surface area contributed by atoms with E-state index in [0.717, 1.165) is 59.8 Å². The maximum Gasteiger partial charge on any atom is 0.186 e. The highest BCUT2D eigenvalue weighted by Gasteiger charge is 2.21. The van der Waals surface area contributed by atoms with E-state index in [9.17, 15) is 0 Å². The van der Waals surface area contributed by atoms with Crippen LogP contribution in [0.5, 0.6) is 0 Å². The number of nitrogens with zero attached hydrogens (tertiary/aromatic N) is 6. The van der Waals surface area contributed by atoms with Crippen LogP contribution in [0, 0.1) is 0 Å². The molecule has 6 nitrogen and oxygen atoms in total. The Morgan fingerprint density at radius 1 is 0.963 bits per heavy atom. The summed E-state index contributed by atoms with van der Waals surface area (Å²) in [7, 11) is 2.16. The first kappa shape index (κ1) is 16.5. The number of piperazine rings is 1. The normalized spacial score (nSPS) is 15.7. The minimum absolute atomic E-state index is 0.675. The highest BCUT2D eigenvalue weighted by Crippen LogP contribution is 2.31. The molecule has 0 atom stereocenters. The monoisotopic (exact) mass is 378 g/mol. The number of aromatic nitrogens is 4. The molecule has 1 saturated heterocycles. The van der Waals surface area contributed by atoms with Crippen LogP contribution in [-0.2, 0) is 0 Å². The predicted molar refractivity (Wildman–Crippen MR) is 108 cm³/mol. The topological polar surface area (TPSA) is 49.6 Å². The quantitative estimate of drug-likeness (QED) is 0.535. The molecule has 0 aliphatic carbocycles. The summed E-state index contributed by atoms with van der Waals surface area (Å²) in [5, 5.41) is 10.6. The van der Waals surface area contributed by atoms with Gasteiger partial charge in [0.15, 0.2) is 5.65 Å². The number of likely N-dealkylation sites (N-methyl/N-ethyl adjacent to an activating group) is 1. The molecule has 1 fully saturated rings. The summed E-state index contributed by atoms with van der Waals surface area (Å²) in [6.45, 7) is 3.97. The molecule has 2 aromatic carbocycles. The molecule has 0 saturated carbocycles. The third kappa shape index (κ3) is 2.81. The van der Waals surface area contributed by atoms with Crippen molar-refractivity contribution in [2.75, 3.05) is 38.1 Å². The van der Waals surface area contributed by atoms with Crippen LogP contribution in [-0.4, -0.2) is 57.9 Å². The molecule has 0 amide bonds. The van der Waals surface area contributed by atoms with Crippen molar-refractivity contribution in [3.63, 3.8) is 0 Å². The predicted octanol–water partition coefficient (Wildman–Crippen LogP) is 3.35. The van der Waals surface area contributed by atoms with E-state index >= 15 is 0 Å². The van der Waals surface area contributed by atoms with Crippen LogP contribution in [0.3, 0.4) is 0 Å². The summed E-state index contributed by atoms with van der Waals surface area (Å²) in [5.74, 6) is 0.997. The Morgan fingerprint density at radius 3 is 2.59 bits per heavy atom. The van der Waals surface area contributed by atoms with Crippen molar-refractivity contribution < 1.29 is 0 Å². The molecule has 27 heavy (non-hydrogen) atoms. The fraction of sp³-hybridized carbons (Fsp3) is 0.250. The van der Waals surface area contributed by atoms with Crippen LogP contribution in [0.4, 0.5) is 5.82 Å². The van der Waals surface area contributed by atoms with Gasteiger partial charge in [0.2, 0.25) is 0 Å². The first-order valence-electron chi connectivity index (χ1n) is 9.04. The lowest BCUT2D eigenvalue weighted by molar-refractivity contribution is 0.312. The molecule has 1 aliphatic heterocycles. The molecule has 0 unspecified atom stereocenters. The molecular formula is C20H19ClN6. The Kier molecular flexibility index (Phi) is 3.95. The molecule has 0 spiro atoms. The van der Waals surface area contributed by atoms with Gasteiger partial charge >= 0.3 is 0 Å². The van der Waals surface area contributed by atoms with Gasteiger partial charge in [-0.15, -0.1) is 5.10 Å². The summed E-state index contributed by atoms with van der Waals surface area (Å²) in [6, 6.07) is 15.9. The van der Waals surface area contributed by atoms with Crippen molar-refractivity contribution in [2.45, 2.75) is 0 Å². The number of rotatable bonds is 2. The molecule has 0 bridgehead atoms. The fourth-order valence-corrected chi connectivity index (χ4v) is 3.82. The summed E-state index contributed by atoms with van der Waals surface area (Å²) >= 11 is 6.19. The van der Waals surface area contributed by atoms with E-state index in [4.69, 9.17) is 16.6 Å². The number of fused-ring (bicyclic) bond motifs is 3. The van der Waals surface area contributed by atoms with Gasteiger partial charge in [0.05, 0.1) is 5.52 Å². The van der Waals surface area contributed by atoms with E-state index in [-0.39, 0.29) is 0 Å². The minimum atomic E-state index is 0.675. The Hall–Kier alpha value is -2.70. The highest BCUT2D eigenvalue weighted by molar-refractivity contribution is 6.30. The third-order valence-corrected chi connectivity index (χ3v) is 5.37. The molecule has 3 heterocycles. The lowest BCUT2D eigenvalue weighted by Crippen LogP contribution is -2.45. The number of benzene rings is 2. The molecule has 136 valence electrons. The number of hydrogen-bond acceptors (Lipinski definition) is 5. The van der Waals surface area contributed by atoms with Crippen molar-refractivity contribution in [3.05, 3.63) is 53.6 Å². The van der Waals surface area contributed by atoms with Gasteiger partial charge in [0, 0.05) is 42.2 Å². The van der Waals surface area contributed by atoms with Gasteiger partial charge in [-0.3, -0.25) is 0 Å². The number of halogens is 1. The number of anilines is 1. The molecular weight excluding hydrogens is 360 g/mol. The van der Waals surface area contributed by atoms with E-state index in [2.05, 4.69) is 39.3 Å². The zero-order valence-electron chi connectivity index (χ0n) is 15.0. The summed E-state index contributed by atoms with van der Waals surface area (Å²) in [6.07, 6.45) is 0. The van der Waals surface area contributed by atoms with E-state index in [1.165, 1.54) is 0 Å². The second kappa shape index (κ2) is 6.48. The van der Waals surface area contributed by atoms with Crippen molar-refractivity contribution in [1.82, 2.24) is 24.7 Å². The van der Waals surface area contributed by atoms with Gasteiger partial charge in [0.1, 0.15) is 11.5 Å². The minimum Gasteiger partial charge on any atom is -0.353 e. The van der Waals surface area contributed by atoms with Gasteiger partial charge in [0.25, 0.3) is 0 Å². The van der Waals surface area contributed by atoms with Gasteiger partial charge in [-0.25, -0.2) is 4.98 Å². The third-order valence-electron chi connectivity index (χ3n) is 5.13. The fourth-order valence-electron chi connectivity index (χ4n) is 3.63. The second-order valence-electron chi connectivity index (χ2n) is 6.93. The molecule has 0 N–H and O–H groups in total. The SMILES string of the molecule is CN1CCN(c2nc3c(-c4cccc(Cl)c4)nnn3c3ccccc23)CC1. The van der Waals surface area contributed by atoms with E-state index < -0.39 is 0 Å². The molecule has 0 radical (unpaired) electrons. The molecule has 5 rings (SSSR count). The maximum absolute atomic E-state index is 6.19. The van der Waals surface area contributed by atoms with Crippen LogP contribution in [0.2, 0.25) is 5.02 Å². The second-order valence-corrected chi connectivity index (χ2v) is 7.36. The Morgan fingerprint density at radius 2 is 1.78 bits per heavy atom.